The van der Waals surface area contributed by atoms with Crippen LogP contribution < -0.4 is 0 Å². The Balaban J connectivity index is 1.65. The topological polar surface area (TPSA) is 87.0 Å². The van der Waals surface area contributed by atoms with Crippen LogP contribution in [0.3, 0.4) is 0 Å². The highest BCUT2D eigenvalue weighted by Gasteiger charge is 2.72. The number of allylic oxidation sites excluding steroid dienone is 1. The Labute approximate surface area is 218 Å². The molecule has 3 N–H and O–H groups in total. The Morgan fingerprint density at radius 2 is 1.64 bits per heavy atom. The van der Waals surface area contributed by atoms with Crippen LogP contribution in [0.1, 0.15) is 99.8 Å². The standard InChI is InChI=1S/C31H50O5/c1-18-11-14-31(25(34)36-8)16-15-28(5)19(23(31)30(18,7)35)9-10-22-27(4)17-20(32)24(33)26(2,3)21(27)12-13-29(22,28)6/h9,18,20-24,32-33,35H,10-17H2,1-8H3/t18?,20?,21?,22?,23?,24?,27?,28?,29?,30-,31?/m1/s1. The van der Waals surface area contributed by atoms with Gasteiger partial charge in [-0.15, -0.1) is 0 Å². The molecule has 0 saturated heterocycles. The Kier molecular flexibility index (Phi) is 5.80. The highest BCUT2D eigenvalue weighted by atomic mass is 16.5. The highest BCUT2D eigenvalue weighted by Crippen LogP contribution is 2.76. The SMILES string of the molecule is COC(=O)C12CCC(C)[C@@](C)(O)C1C1=CCC3C4(C)CC(O)C(O)C(C)(C)C4CCC3(C)C1(C)CC2. The first-order valence-corrected chi connectivity index (χ1v) is 14.4. The van der Waals surface area contributed by atoms with E-state index in [9.17, 15) is 20.1 Å². The predicted molar refractivity (Wildman–Crippen MR) is 140 cm³/mol. The summed E-state index contributed by atoms with van der Waals surface area (Å²) < 4.78 is 5.43. The van der Waals surface area contributed by atoms with E-state index >= 15 is 0 Å². The average Bonchev–Trinajstić information content (AvgIpc) is 2.80. The lowest BCUT2D eigenvalue weighted by molar-refractivity contribution is -0.237. The third-order valence-corrected chi connectivity index (χ3v) is 13.6. The maximum absolute atomic E-state index is 13.4. The fourth-order valence-electron chi connectivity index (χ4n) is 11.2. The fraction of sp³-hybridized carbons (Fsp3) is 0.903. The molecular formula is C31H50O5. The van der Waals surface area contributed by atoms with Crippen molar-refractivity contribution in [2.24, 2.45) is 50.7 Å². The van der Waals surface area contributed by atoms with Crippen LogP contribution in [0.15, 0.2) is 11.6 Å². The monoisotopic (exact) mass is 502 g/mol. The van der Waals surface area contributed by atoms with E-state index in [4.69, 9.17) is 4.74 Å². The zero-order valence-electron chi connectivity index (χ0n) is 23.9. The summed E-state index contributed by atoms with van der Waals surface area (Å²) >= 11 is 0. The molecule has 4 saturated carbocycles. The van der Waals surface area contributed by atoms with E-state index < -0.39 is 23.2 Å². The number of ether oxygens (including phenoxy) is 1. The summed E-state index contributed by atoms with van der Waals surface area (Å²) in [6, 6.07) is 0. The van der Waals surface area contributed by atoms with Gasteiger partial charge in [-0.25, -0.2) is 0 Å². The summed E-state index contributed by atoms with van der Waals surface area (Å²) in [5.41, 5.74) is -0.928. The molecule has 5 heteroatoms. The van der Waals surface area contributed by atoms with E-state index in [1.165, 1.54) is 12.7 Å². The first-order valence-electron chi connectivity index (χ1n) is 14.4. The van der Waals surface area contributed by atoms with Gasteiger partial charge in [-0.05, 0) is 97.7 Å². The number of methoxy groups -OCH3 is 1. The van der Waals surface area contributed by atoms with Crippen molar-refractivity contribution < 1.29 is 24.9 Å². The number of fused-ring (bicyclic) bond motifs is 7. The smallest absolute Gasteiger partial charge is 0.312 e. The van der Waals surface area contributed by atoms with E-state index in [1.54, 1.807) is 0 Å². The predicted octanol–water partition coefficient (Wildman–Crippen LogP) is 5.26. The molecule has 4 fully saturated rings. The van der Waals surface area contributed by atoms with Gasteiger partial charge in [0.05, 0.1) is 30.3 Å². The van der Waals surface area contributed by atoms with E-state index in [2.05, 4.69) is 47.6 Å². The molecule has 5 aliphatic carbocycles. The number of aliphatic hydroxyl groups is 3. The first-order chi connectivity index (χ1) is 16.5. The number of carbonyl (C=O) groups excluding carboxylic acids is 1. The molecule has 0 aromatic heterocycles. The van der Waals surface area contributed by atoms with Crippen LogP contribution >= 0.6 is 0 Å². The van der Waals surface area contributed by atoms with E-state index in [-0.39, 0.29) is 39.5 Å². The number of hydrogen-bond acceptors (Lipinski definition) is 5. The molecule has 0 spiro atoms. The normalized spacial score (nSPS) is 55.8. The molecule has 0 bridgehead atoms. The minimum Gasteiger partial charge on any atom is -0.469 e. The second-order valence-corrected chi connectivity index (χ2v) is 15.1. The number of carbonyl (C=O) groups is 1. The largest absolute Gasteiger partial charge is 0.469 e. The molecule has 5 nitrogen and oxygen atoms in total. The fourth-order valence-corrected chi connectivity index (χ4v) is 11.2. The van der Waals surface area contributed by atoms with Crippen molar-refractivity contribution in [3.05, 3.63) is 11.6 Å². The Bertz CT molecular complexity index is 968. The van der Waals surface area contributed by atoms with Gasteiger partial charge in [-0.2, -0.15) is 0 Å². The molecule has 36 heavy (non-hydrogen) atoms. The number of esters is 1. The first kappa shape index (κ1) is 26.7. The molecule has 0 heterocycles. The van der Waals surface area contributed by atoms with Crippen molar-refractivity contribution in [2.45, 2.75) is 118 Å². The van der Waals surface area contributed by atoms with E-state index in [0.29, 0.717) is 18.3 Å². The molecule has 0 aliphatic heterocycles. The Hall–Kier alpha value is -0.910. The second-order valence-electron chi connectivity index (χ2n) is 15.1. The summed E-state index contributed by atoms with van der Waals surface area (Å²) in [6.07, 6.45) is 7.88. The quantitative estimate of drug-likeness (QED) is 0.336. The van der Waals surface area contributed by atoms with Crippen LogP contribution in [-0.2, 0) is 9.53 Å². The van der Waals surface area contributed by atoms with Gasteiger partial charge in [0.1, 0.15) is 0 Å². The summed E-state index contributed by atoms with van der Waals surface area (Å²) in [6.45, 7) is 15.6. The van der Waals surface area contributed by atoms with Crippen LogP contribution in [0.5, 0.6) is 0 Å². The lowest BCUT2D eigenvalue weighted by Gasteiger charge is -2.72. The third-order valence-electron chi connectivity index (χ3n) is 13.6. The van der Waals surface area contributed by atoms with Crippen LogP contribution in [-0.4, -0.2) is 46.2 Å². The van der Waals surface area contributed by atoms with E-state index in [1.807, 2.05) is 6.92 Å². The molecule has 5 aliphatic rings. The van der Waals surface area contributed by atoms with Gasteiger partial charge in [-0.1, -0.05) is 53.2 Å². The summed E-state index contributed by atoms with van der Waals surface area (Å²) in [5.74, 6) is 0.430. The van der Waals surface area contributed by atoms with Crippen LogP contribution in [0.4, 0.5) is 0 Å². The van der Waals surface area contributed by atoms with Gasteiger partial charge in [-0.3, -0.25) is 4.79 Å². The minimum absolute atomic E-state index is 0.0144. The minimum atomic E-state index is -0.975. The average molecular weight is 503 g/mol. The van der Waals surface area contributed by atoms with Crippen LogP contribution in [0, 0.1) is 50.7 Å². The lowest BCUT2D eigenvalue weighted by atomic mass is 9.33. The lowest BCUT2D eigenvalue weighted by Crippen LogP contribution is -2.68. The van der Waals surface area contributed by atoms with Crippen molar-refractivity contribution in [3.8, 4) is 0 Å². The maximum Gasteiger partial charge on any atom is 0.312 e. The van der Waals surface area contributed by atoms with Gasteiger partial charge >= 0.3 is 5.97 Å². The van der Waals surface area contributed by atoms with Crippen LogP contribution in [0.25, 0.3) is 0 Å². The van der Waals surface area contributed by atoms with Gasteiger partial charge in [0, 0.05) is 5.92 Å². The second kappa shape index (κ2) is 7.82. The van der Waals surface area contributed by atoms with Gasteiger partial charge in [0.25, 0.3) is 0 Å². The van der Waals surface area contributed by atoms with E-state index in [0.717, 1.165) is 44.9 Å². The summed E-state index contributed by atoms with van der Waals surface area (Å²) in [7, 11) is 1.49. The van der Waals surface area contributed by atoms with Gasteiger partial charge in [0.15, 0.2) is 0 Å². The molecule has 0 amide bonds. The van der Waals surface area contributed by atoms with Gasteiger partial charge < -0.3 is 20.1 Å². The number of aliphatic hydroxyl groups excluding tert-OH is 2. The Morgan fingerprint density at radius 3 is 2.28 bits per heavy atom. The molecule has 0 aromatic carbocycles. The number of rotatable bonds is 1. The molecule has 11 atom stereocenters. The van der Waals surface area contributed by atoms with Crippen LogP contribution in [0.2, 0.25) is 0 Å². The molecule has 204 valence electrons. The highest BCUT2D eigenvalue weighted by molar-refractivity contribution is 5.79. The zero-order chi connectivity index (χ0) is 26.7. The zero-order valence-corrected chi connectivity index (χ0v) is 23.9. The van der Waals surface area contributed by atoms with Crippen molar-refractivity contribution in [2.75, 3.05) is 7.11 Å². The third kappa shape index (κ3) is 2.97. The van der Waals surface area contributed by atoms with Crippen molar-refractivity contribution in [3.63, 3.8) is 0 Å². The van der Waals surface area contributed by atoms with Gasteiger partial charge in [0.2, 0.25) is 0 Å². The van der Waals surface area contributed by atoms with Crippen molar-refractivity contribution in [1.29, 1.82) is 0 Å². The summed E-state index contributed by atoms with van der Waals surface area (Å²) in [4.78, 5) is 13.4. The molecule has 0 radical (unpaired) electrons. The molecule has 5 rings (SSSR count). The molecule has 10 unspecified atom stereocenters. The molecule has 0 aromatic rings. The van der Waals surface area contributed by atoms with Crippen molar-refractivity contribution >= 4 is 5.97 Å². The maximum atomic E-state index is 13.4. The number of hydrogen-bond donors (Lipinski definition) is 3. The van der Waals surface area contributed by atoms with Crippen molar-refractivity contribution in [1.82, 2.24) is 0 Å². The Morgan fingerprint density at radius 1 is 0.972 bits per heavy atom. The molecular weight excluding hydrogens is 452 g/mol. The summed E-state index contributed by atoms with van der Waals surface area (Å²) in [5, 5.41) is 34.0.